The van der Waals surface area contributed by atoms with Crippen LogP contribution in [0.4, 0.5) is 0 Å². The summed E-state index contributed by atoms with van der Waals surface area (Å²) in [6.45, 7) is 4.64. The van der Waals surface area contributed by atoms with Crippen LogP contribution in [0.15, 0.2) is 53.3 Å². The van der Waals surface area contributed by atoms with E-state index in [1.165, 1.54) is 5.56 Å². The second kappa shape index (κ2) is 8.24. The Bertz CT molecular complexity index is 857. The fourth-order valence-electron chi connectivity index (χ4n) is 3.43. The van der Waals surface area contributed by atoms with Gasteiger partial charge in [-0.05, 0) is 50.6 Å². The molecule has 0 saturated carbocycles. The number of hydrogen-bond acceptors (Lipinski definition) is 6. The third-order valence-corrected chi connectivity index (χ3v) is 5.42. The molecule has 4 rings (SSSR count). The van der Waals surface area contributed by atoms with Crippen molar-refractivity contribution in [3.8, 4) is 0 Å². The minimum absolute atomic E-state index is 0.0157. The number of aromatic nitrogens is 5. The van der Waals surface area contributed by atoms with E-state index >= 15 is 0 Å². The molecule has 1 saturated heterocycles. The number of benzene rings is 1. The second-order valence-electron chi connectivity index (χ2n) is 6.84. The van der Waals surface area contributed by atoms with Gasteiger partial charge in [-0.15, -0.1) is 5.10 Å². The molecule has 2 aromatic heterocycles. The number of tetrazole rings is 1. The quantitative estimate of drug-likeness (QED) is 0.581. The van der Waals surface area contributed by atoms with Gasteiger partial charge < -0.3 is 4.90 Å². The van der Waals surface area contributed by atoms with Crippen LogP contribution in [-0.2, 0) is 6.54 Å². The lowest BCUT2D eigenvalue weighted by molar-refractivity contribution is 0.121. The summed E-state index contributed by atoms with van der Waals surface area (Å²) < 4.78 is 2.73. The number of likely N-dealkylation sites (N-methyl/N-ethyl adjacent to an activating group) is 1. The molecule has 0 N–H and O–H groups in total. The highest BCUT2D eigenvalue weighted by Gasteiger charge is 2.30. The van der Waals surface area contributed by atoms with Crippen LogP contribution in [0.3, 0.4) is 0 Å². The predicted molar refractivity (Wildman–Crippen MR) is 106 cm³/mol. The molecule has 1 unspecified atom stereocenters. The molecule has 0 amide bonds. The predicted octanol–water partition coefficient (Wildman–Crippen LogP) is 2.22. The van der Waals surface area contributed by atoms with Gasteiger partial charge in [0.15, 0.2) is 5.82 Å². The highest BCUT2D eigenvalue weighted by atomic mass is 79.9. The van der Waals surface area contributed by atoms with Gasteiger partial charge in [-0.2, -0.15) is 0 Å². The molecular formula is C19H22BrN7. The highest BCUT2D eigenvalue weighted by Crippen LogP contribution is 2.28. The van der Waals surface area contributed by atoms with E-state index in [9.17, 15) is 0 Å². The third-order valence-electron chi connectivity index (χ3n) is 4.95. The van der Waals surface area contributed by atoms with E-state index in [1.54, 1.807) is 0 Å². The standard InChI is InChI=1S/C19H22BrN7/c1-25-9-11-26(12-10-25)18(16-7-8-17(20)21-13-16)19-22-23-24-27(19)14-15-5-3-2-4-6-15/h2-8,13,18H,9-12,14H2,1H3. The van der Waals surface area contributed by atoms with Crippen LogP contribution in [-0.4, -0.2) is 68.2 Å². The Morgan fingerprint density at radius 2 is 1.81 bits per heavy atom. The molecule has 27 heavy (non-hydrogen) atoms. The monoisotopic (exact) mass is 427 g/mol. The average molecular weight is 428 g/mol. The van der Waals surface area contributed by atoms with E-state index in [2.05, 4.69) is 71.5 Å². The molecule has 140 valence electrons. The third kappa shape index (κ3) is 4.23. The first-order valence-corrected chi connectivity index (χ1v) is 9.84. The van der Waals surface area contributed by atoms with Gasteiger partial charge in [-0.3, -0.25) is 4.90 Å². The molecule has 0 radical (unpaired) electrons. The summed E-state index contributed by atoms with van der Waals surface area (Å²) in [4.78, 5) is 9.23. The smallest absolute Gasteiger partial charge is 0.173 e. The number of rotatable bonds is 5. The Labute approximate surface area is 167 Å². The molecule has 1 aliphatic rings. The first-order chi connectivity index (χ1) is 13.2. The number of hydrogen-bond donors (Lipinski definition) is 0. The summed E-state index contributed by atoms with van der Waals surface area (Å²) in [6, 6.07) is 14.3. The second-order valence-corrected chi connectivity index (χ2v) is 7.65. The lowest BCUT2D eigenvalue weighted by atomic mass is 10.1. The molecule has 1 aliphatic heterocycles. The molecule has 0 bridgehead atoms. The normalized spacial score (nSPS) is 17.1. The summed E-state index contributed by atoms with van der Waals surface area (Å²) in [7, 11) is 2.16. The fourth-order valence-corrected chi connectivity index (χ4v) is 3.66. The zero-order chi connectivity index (χ0) is 18.6. The molecule has 3 heterocycles. The summed E-state index contributed by atoms with van der Waals surface area (Å²) in [6.07, 6.45) is 1.91. The van der Waals surface area contributed by atoms with Gasteiger partial charge >= 0.3 is 0 Å². The Morgan fingerprint density at radius 3 is 2.52 bits per heavy atom. The van der Waals surface area contributed by atoms with Crippen LogP contribution >= 0.6 is 15.9 Å². The van der Waals surface area contributed by atoms with Gasteiger partial charge in [0.05, 0.1) is 12.6 Å². The van der Waals surface area contributed by atoms with Gasteiger partial charge in [0.1, 0.15) is 4.60 Å². The summed E-state index contributed by atoms with van der Waals surface area (Å²) >= 11 is 3.43. The van der Waals surface area contributed by atoms with Crippen molar-refractivity contribution in [3.05, 3.63) is 70.2 Å². The zero-order valence-electron chi connectivity index (χ0n) is 15.2. The van der Waals surface area contributed by atoms with Crippen molar-refractivity contribution in [1.29, 1.82) is 0 Å². The van der Waals surface area contributed by atoms with Crippen molar-refractivity contribution < 1.29 is 0 Å². The van der Waals surface area contributed by atoms with Crippen molar-refractivity contribution in [2.24, 2.45) is 0 Å². The van der Waals surface area contributed by atoms with E-state index in [4.69, 9.17) is 0 Å². The Balaban J connectivity index is 1.69. The van der Waals surface area contributed by atoms with Gasteiger partial charge in [0, 0.05) is 32.4 Å². The number of pyridine rings is 1. The van der Waals surface area contributed by atoms with Crippen molar-refractivity contribution in [1.82, 2.24) is 35.0 Å². The van der Waals surface area contributed by atoms with Crippen LogP contribution in [0.25, 0.3) is 0 Å². The zero-order valence-corrected chi connectivity index (χ0v) is 16.8. The minimum Gasteiger partial charge on any atom is -0.304 e. The molecule has 7 nitrogen and oxygen atoms in total. The molecular weight excluding hydrogens is 406 g/mol. The molecule has 0 spiro atoms. The van der Waals surface area contributed by atoms with Crippen LogP contribution in [0.1, 0.15) is 23.0 Å². The number of nitrogens with zero attached hydrogens (tertiary/aromatic N) is 7. The number of piperazine rings is 1. The summed E-state index contributed by atoms with van der Waals surface area (Å²) in [5.41, 5.74) is 2.28. The van der Waals surface area contributed by atoms with E-state index in [-0.39, 0.29) is 6.04 Å². The van der Waals surface area contributed by atoms with Crippen LogP contribution < -0.4 is 0 Å². The van der Waals surface area contributed by atoms with Crippen molar-refractivity contribution >= 4 is 15.9 Å². The van der Waals surface area contributed by atoms with Crippen LogP contribution in [0, 0.1) is 0 Å². The highest BCUT2D eigenvalue weighted by molar-refractivity contribution is 9.10. The molecule has 1 aromatic carbocycles. The lowest BCUT2D eigenvalue weighted by Crippen LogP contribution is -2.46. The van der Waals surface area contributed by atoms with E-state index < -0.39 is 0 Å². The Hall–Kier alpha value is -2.16. The van der Waals surface area contributed by atoms with E-state index in [1.807, 2.05) is 35.1 Å². The van der Waals surface area contributed by atoms with Gasteiger partial charge in [0.2, 0.25) is 0 Å². The summed E-state index contributed by atoms with van der Waals surface area (Å²) in [5, 5.41) is 12.7. The first kappa shape index (κ1) is 18.2. The minimum atomic E-state index is -0.0157. The molecule has 0 aliphatic carbocycles. The summed E-state index contributed by atoms with van der Waals surface area (Å²) in [5.74, 6) is 0.854. The van der Waals surface area contributed by atoms with Crippen LogP contribution in [0.2, 0.25) is 0 Å². The average Bonchev–Trinajstić information content (AvgIpc) is 3.13. The van der Waals surface area contributed by atoms with Crippen molar-refractivity contribution in [2.45, 2.75) is 12.6 Å². The molecule has 8 heteroatoms. The van der Waals surface area contributed by atoms with Crippen molar-refractivity contribution in [2.75, 3.05) is 33.2 Å². The molecule has 1 fully saturated rings. The first-order valence-electron chi connectivity index (χ1n) is 9.05. The fraction of sp³-hybridized carbons (Fsp3) is 0.368. The van der Waals surface area contributed by atoms with Gasteiger partial charge in [0.25, 0.3) is 0 Å². The topological polar surface area (TPSA) is 63.0 Å². The Morgan fingerprint density at radius 1 is 1.04 bits per heavy atom. The Kier molecular flexibility index (Phi) is 5.56. The largest absolute Gasteiger partial charge is 0.304 e. The van der Waals surface area contributed by atoms with E-state index in [0.29, 0.717) is 6.54 Å². The maximum absolute atomic E-state index is 4.44. The maximum atomic E-state index is 4.44. The molecule has 3 aromatic rings. The SMILES string of the molecule is CN1CCN(C(c2ccc(Br)nc2)c2nnnn2Cc2ccccc2)CC1. The number of halogens is 1. The molecule has 1 atom stereocenters. The van der Waals surface area contributed by atoms with Gasteiger partial charge in [-0.25, -0.2) is 9.67 Å². The van der Waals surface area contributed by atoms with E-state index in [0.717, 1.165) is 42.2 Å². The van der Waals surface area contributed by atoms with Crippen molar-refractivity contribution in [3.63, 3.8) is 0 Å². The van der Waals surface area contributed by atoms with Crippen LogP contribution in [0.5, 0.6) is 0 Å². The lowest BCUT2D eigenvalue weighted by Gasteiger charge is -2.37. The van der Waals surface area contributed by atoms with Gasteiger partial charge in [-0.1, -0.05) is 36.4 Å². The maximum Gasteiger partial charge on any atom is 0.173 e.